The van der Waals surface area contributed by atoms with E-state index < -0.39 is 0 Å². The maximum atomic E-state index is 13.0. The number of rotatable bonds is 4. The van der Waals surface area contributed by atoms with Crippen molar-refractivity contribution in [3.05, 3.63) is 69.5 Å². The van der Waals surface area contributed by atoms with Gasteiger partial charge in [-0.05, 0) is 48.2 Å². The minimum absolute atomic E-state index is 0.0103. The van der Waals surface area contributed by atoms with E-state index in [9.17, 15) is 9.18 Å². The molecule has 0 bridgehead atoms. The van der Waals surface area contributed by atoms with Gasteiger partial charge in [0.15, 0.2) is 0 Å². The van der Waals surface area contributed by atoms with E-state index in [0.29, 0.717) is 4.88 Å². The predicted molar refractivity (Wildman–Crippen MR) is 89.9 cm³/mol. The molecule has 2 aromatic heterocycles. The molecule has 0 radical (unpaired) electrons. The molecule has 22 heavy (non-hydrogen) atoms. The van der Waals surface area contributed by atoms with Gasteiger partial charge in [0, 0.05) is 9.75 Å². The number of thiophene rings is 2. The van der Waals surface area contributed by atoms with E-state index in [0.717, 1.165) is 15.3 Å². The van der Waals surface area contributed by atoms with Gasteiger partial charge in [0.05, 0.1) is 10.9 Å². The molecular weight excluding hydrogens is 317 g/mol. The van der Waals surface area contributed by atoms with Crippen LogP contribution in [-0.2, 0) is 0 Å². The van der Waals surface area contributed by atoms with Crippen LogP contribution in [0.4, 0.5) is 4.39 Å². The van der Waals surface area contributed by atoms with Crippen molar-refractivity contribution in [2.75, 3.05) is 0 Å². The number of carbonyl (C=O) groups is 1. The molecule has 1 unspecified atom stereocenters. The zero-order chi connectivity index (χ0) is 15.5. The van der Waals surface area contributed by atoms with Gasteiger partial charge in [0.1, 0.15) is 5.82 Å². The molecule has 5 heteroatoms. The number of halogens is 1. The van der Waals surface area contributed by atoms with Gasteiger partial charge in [0.2, 0.25) is 0 Å². The molecule has 3 aromatic rings. The van der Waals surface area contributed by atoms with Crippen LogP contribution >= 0.6 is 22.7 Å². The van der Waals surface area contributed by atoms with Crippen LogP contribution in [0.25, 0.3) is 10.4 Å². The summed E-state index contributed by atoms with van der Waals surface area (Å²) in [6.45, 7) is 1.97. The largest absolute Gasteiger partial charge is 0.344 e. The first kappa shape index (κ1) is 14.9. The summed E-state index contributed by atoms with van der Waals surface area (Å²) in [5, 5.41) is 4.99. The average molecular weight is 331 g/mol. The molecule has 2 heterocycles. The molecule has 0 saturated carbocycles. The van der Waals surface area contributed by atoms with Crippen molar-refractivity contribution in [1.29, 1.82) is 0 Å². The predicted octanol–water partition coefficient (Wildman–Crippen LogP) is 5.11. The third kappa shape index (κ3) is 3.26. The molecule has 3 rings (SSSR count). The number of benzene rings is 1. The van der Waals surface area contributed by atoms with E-state index in [-0.39, 0.29) is 17.8 Å². The molecule has 0 spiro atoms. The van der Waals surface area contributed by atoms with Crippen LogP contribution in [0.5, 0.6) is 0 Å². The standard InChI is InChI=1S/C17H14FNOS2/c1-11(14-3-2-10-21-14)19-17(20)16-9-8-15(22-16)12-4-6-13(18)7-5-12/h2-11H,1H3,(H,19,20). The Morgan fingerprint density at radius 3 is 2.59 bits per heavy atom. The van der Waals surface area contributed by atoms with Crippen molar-refractivity contribution in [2.24, 2.45) is 0 Å². The Hall–Kier alpha value is -1.98. The van der Waals surface area contributed by atoms with Crippen LogP contribution in [0, 0.1) is 5.82 Å². The van der Waals surface area contributed by atoms with Crippen molar-refractivity contribution in [2.45, 2.75) is 13.0 Å². The molecule has 1 aromatic carbocycles. The third-order valence-electron chi connectivity index (χ3n) is 3.28. The lowest BCUT2D eigenvalue weighted by Gasteiger charge is -2.10. The zero-order valence-electron chi connectivity index (χ0n) is 11.9. The van der Waals surface area contributed by atoms with Crippen molar-refractivity contribution in [1.82, 2.24) is 5.32 Å². The highest BCUT2D eigenvalue weighted by Gasteiger charge is 2.14. The summed E-state index contributed by atoms with van der Waals surface area (Å²) in [7, 11) is 0. The Morgan fingerprint density at radius 2 is 1.91 bits per heavy atom. The molecular formula is C17H14FNOS2. The molecule has 0 aliphatic rings. The normalized spacial score (nSPS) is 12.1. The van der Waals surface area contributed by atoms with Gasteiger partial charge in [-0.3, -0.25) is 4.79 Å². The molecule has 112 valence electrons. The first-order valence-electron chi connectivity index (χ1n) is 6.83. The van der Waals surface area contributed by atoms with Crippen molar-refractivity contribution >= 4 is 28.6 Å². The average Bonchev–Trinajstić information content (AvgIpc) is 3.20. The SMILES string of the molecule is CC(NC(=O)c1ccc(-c2ccc(F)cc2)s1)c1cccs1. The maximum Gasteiger partial charge on any atom is 0.261 e. The fourth-order valence-electron chi connectivity index (χ4n) is 2.11. The van der Waals surface area contributed by atoms with E-state index in [1.54, 1.807) is 29.5 Å². The highest BCUT2D eigenvalue weighted by Crippen LogP contribution is 2.28. The lowest BCUT2D eigenvalue weighted by Crippen LogP contribution is -2.25. The van der Waals surface area contributed by atoms with Gasteiger partial charge in [-0.2, -0.15) is 0 Å². The lowest BCUT2D eigenvalue weighted by molar-refractivity contribution is 0.0944. The third-order valence-corrected chi connectivity index (χ3v) is 5.46. The summed E-state index contributed by atoms with van der Waals surface area (Å²) in [6.07, 6.45) is 0. The summed E-state index contributed by atoms with van der Waals surface area (Å²) >= 11 is 3.03. The van der Waals surface area contributed by atoms with Gasteiger partial charge in [0.25, 0.3) is 5.91 Å². The van der Waals surface area contributed by atoms with Gasteiger partial charge >= 0.3 is 0 Å². The quantitative estimate of drug-likeness (QED) is 0.707. The van der Waals surface area contributed by atoms with Crippen LogP contribution in [-0.4, -0.2) is 5.91 Å². The van der Waals surface area contributed by atoms with Gasteiger partial charge in [-0.25, -0.2) is 4.39 Å². The minimum atomic E-state index is -0.261. The summed E-state index contributed by atoms with van der Waals surface area (Å²) < 4.78 is 13.0. The van der Waals surface area contributed by atoms with E-state index in [4.69, 9.17) is 0 Å². The molecule has 2 nitrogen and oxygen atoms in total. The monoisotopic (exact) mass is 331 g/mol. The summed E-state index contributed by atoms with van der Waals surface area (Å²) in [4.78, 5) is 15.0. The van der Waals surface area contributed by atoms with Gasteiger partial charge < -0.3 is 5.32 Å². The van der Waals surface area contributed by atoms with Crippen molar-refractivity contribution in [3.8, 4) is 10.4 Å². The molecule has 1 N–H and O–H groups in total. The van der Waals surface area contributed by atoms with E-state index in [2.05, 4.69) is 5.32 Å². The Labute approximate surface area is 136 Å². The van der Waals surface area contributed by atoms with Crippen LogP contribution < -0.4 is 5.32 Å². The number of hydrogen-bond acceptors (Lipinski definition) is 3. The van der Waals surface area contributed by atoms with Gasteiger partial charge in [-0.1, -0.05) is 18.2 Å². The highest BCUT2D eigenvalue weighted by atomic mass is 32.1. The van der Waals surface area contributed by atoms with E-state index in [1.165, 1.54) is 23.5 Å². The second-order valence-corrected chi connectivity index (χ2v) is 6.94. The first-order chi connectivity index (χ1) is 10.6. The van der Waals surface area contributed by atoms with Crippen molar-refractivity contribution < 1.29 is 9.18 Å². The number of hydrogen-bond donors (Lipinski definition) is 1. The Bertz CT molecular complexity index is 762. The summed E-state index contributed by atoms with van der Waals surface area (Å²) in [6, 6.07) is 14.0. The number of amides is 1. The molecule has 0 aliphatic carbocycles. The van der Waals surface area contributed by atoms with E-state index >= 15 is 0 Å². The topological polar surface area (TPSA) is 29.1 Å². The first-order valence-corrected chi connectivity index (χ1v) is 8.53. The smallest absolute Gasteiger partial charge is 0.261 e. The lowest BCUT2D eigenvalue weighted by atomic mass is 10.2. The van der Waals surface area contributed by atoms with Crippen LogP contribution in [0.3, 0.4) is 0 Å². The number of nitrogens with one attached hydrogen (secondary N) is 1. The van der Waals surface area contributed by atoms with Crippen LogP contribution in [0.2, 0.25) is 0 Å². The molecule has 0 fully saturated rings. The van der Waals surface area contributed by atoms with Crippen molar-refractivity contribution in [3.63, 3.8) is 0 Å². The fourth-order valence-corrected chi connectivity index (χ4v) is 3.75. The molecule has 0 saturated heterocycles. The fraction of sp³-hybridized carbons (Fsp3) is 0.118. The molecule has 0 aliphatic heterocycles. The van der Waals surface area contributed by atoms with E-state index in [1.807, 2.05) is 30.5 Å². The molecule has 1 amide bonds. The second-order valence-electron chi connectivity index (χ2n) is 4.88. The summed E-state index contributed by atoms with van der Waals surface area (Å²) in [5.41, 5.74) is 0.914. The van der Waals surface area contributed by atoms with Gasteiger partial charge in [-0.15, -0.1) is 22.7 Å². The minimum Gasteiger partial charge on any atom is -0.344 e. The Kier molecular flexibility index (Phi) is 4.36. The second kappa shape index (κ2) is 6.42. The Balaban J connectivity index is 1.73. The number of carbonyl (C=O) groups excluding carboxylic acids is 1. The molecule has 1 atom stereocenters. The zero-order valence-corrected chi connectivity index (χ0v) is 13.5. The van der Waals surface area contributed by atoms with Crippen LogP contribution in [0.1, 0.15) is 27.5 Å². The Morgan fingerprint density at radius 1 is 1.14 bits per heavy atom. The highest BCUT2D eigenvalue weighted by molar-refractivity contribution is 7.17. The maximum absolute atomic E-state index is 13.0. The summed E-state index contributed by atoms with van der Waals surface area (Å²) in [5.74, 6) is -0.345. The van der Waals surface area contributed by atoms with Crippen LogP contribution in [0.15, 0.2) is 53.9 Å².